The lowest BCUT2D eigenvalue weighted by Crippen LogP contribution is -2.19. The van der Waals surface area contributed by atoms with E-state index in [-0.39, 0.29) is 34.5 Å². The van der Waals surface area contributed by atoms with Crippen LogP contribution in [-0.4, -0.2) is 22.0 Å². The maximum absolute atomic E-state index is 13.2. The number of phenolic OH excluding ortho intramolecular Hbond substituents is 2. The Hall–Kier alpha value is -3.80. The van der Waals surface area contributed by atoms with Gasteiger partial charge < -0.3 is 20.8 Å². The number of para-hydroxylation sites is 2. The Morgan fingerprint density at radius 2 is 1.06 bits per heavy atom. The highest BCUT2D eigenvalue weighted by Gasteiger charge is 2.22. The van der Waals surface area contributed by atoms with Gasteiger partial charge in [-0.3, -0.25) is 9.59 Å². The molecule has 0 aromatic heterocycles. The Morgan fingerprint density at radius 3 is 1.41 bits per heavy atom. The number of rotatable bonds is 8. The molecular formula is C28H32N2O4. The lowest BCUT2D eigenvalue weighted by atomic mass is 9.92. The summed E-state index contributed by atoms with van der Waals surface area (Å²) < 4.78 is 0. The van der Waals surface area contributed by atoms with Gasteiger partial charge in [0.05, 0.1) is 22.5 Å². The molecule has 2 unspecified atom stereocenters. The molecular weight excluding hydrogens is 428 g/mol. The fraction of sp³-hybridized carbons (Fsp3) is 0.286. The highest BCUT2D eigenvalue weighted by atomic mass is 16.3. The quantitative estimate of drug-likeness (QED) is 0.303. The molecule has 0 saturated heterocycles. The highest BCUT2D eigenvalue weighted by Crippen LogP contribution is 2.33. The van der Waals surface area contributed by atoms with Crippen molar-refractivity contribution in [2.45, 2.75) is 52.4 Å². The number of nitrogens with one attached hydrogen (secondary N) is 2. The van der Waals surface area contributed by atoms with Gasteiger partial charge in [-0.15, -0.1) is 0 Å². The van der Waals surface area contributed by atoms with Crippen LogP contribution in [0.5, 0.6) is 11.5 Å². The molecule has 0 spiro atoms. The van der Waals surface area contributed by atoms with Crippen molar-refractivity contribution in [3.8, 4) is 11.5 Å². The molecule has 3 rings (SSSR count). The van der Waals surface area contributed by atoms with E-state index in [1.165, 1.54) is 12.1 Å². The van der Waals surface area contributed by atoms with E-state index in [1.54, 1.807) is 36.4 Å². The fourth-order valence-electron chi connectivity index (χ4n) is 3.94. The van der Waals surface area contributed by atoms with E-state index in [2.05, 4.69) is 10.6 Å². The number of carbonyl (C=O) groups is 2. The zero-order valence-electron chi connectivity index (χ0n) is 20.1. The Morgan fingerprint density at radius 1 is 0.676 bits per heavy atom. The maximum Gasteiger partial charge on any atom is 0.259 e. The summed E-state index contributed by atoms with van der Waals surface area (Å²) in [6.45, 7) is 8.05. The zero-order chi connectivity index (χ0) is 24.8. The van der Waals surface area contributed by atoms with Crippen molar-refractivity contribution in [3.05, 3.63) is 82.9 Å². The molecule has 3 aromatic rings. The average Bonchev–Trinajstić information content (AvgIpc) is 2.83. The minimum atomic E-state index is -0.460. The lowest BCUT2D eigenvalue weighted by molar-refractivity contribution is 0.101. The van der Waals surface area contributed by atoms with Gasteiger partial charge in [-0.2, -0.15) is 0 Å². The maximum atomic E-state index is 13.2. The summed E-state index contributed by atoms with van der Waals surface area (Å²) in [5.41, 5.74) is 2.73. The van der Waals surface area contributed by atoms with Crippen molar-refractivity contribution in [1.29, 1.82) is 0 Å². The first kappa shape index (κ1) is 24.8. The van der Waals surface area contributed by atoms with Gasteiger partial charge in [0.25, 0.3) is 11.8 Å². The monoisotopic (exact) mass is 460 g/mol. The van der Waals surface area contributed by atoms with E-state index >= 15 is 0 Å². The number of hydrogen-bond acceptors (Lipinski definition) is 4. The van der Waals surface area contributed by atoms with Crippen molar-refractivity contribution in [2.24, 2.45) is 0 Å². The number of benzene rings is 3. The van der Waals surface area contributed by atoms with Crippen molar-refractivity contribution in [2.75, 3.05) is 10.6 Å². The van der Waals surface area contributed by atoms with Crippen LogP contribution in [0.15, 0.2) is 60.7 Å². The van der Waals surface area contributed by atoms with Gasteiger partial charge in [0.1, 0.15) is 11.5 Å². The Balaban J connectivity index is 1.92. The first-order valence-corrected chi connectivity index (χ1v) is 11.6. The molecule has 4 N–H and O–H groups in total. The topological polar surface area (TPSA) is 98.7 Å². The van der Waals surface area contributed by atoms with Crippen molar-refractivity contribution < 1.29 is 19.8 Å². The molecule has 0 radical (unpaired) electrons. The van der Waals surface area contributed by atoms with E-state index < -0.39 is 11.8 Å². The summed E-state index contributed by atoms with van der Waals surface area (Å²) in [6, 6.07) is 17.0. The van der Waals surface area contributed by atoms with E-state index in [4.69, 9.17) is 0 Å². The molecule has 3 aromatic carbocycles. The molecule has 0 aliphatic carbocycles. The Kier molecular flexibility index (Phi) is 7.95. The van der Waals surface area contributed by atoms with Crippen LogP contribution in [-0.2, 0) is 0 Å². The molecule has 6 nitrogen and oxygen atoms in total. The summed E-state index contributed by atoms with van der Waals surface area (Å²) in [4.78, 5) is 26.4. The van der Waals surface area contributed by atoms with Gasteiger partial charge in [-0.1, -0.05) is 64.1 Å². The normalized spacial score (nSPS) is 12.6. The van der Waals surface area contributed by atoms with Crippen molar-refractivity contribution in [1.82, 2.24) is 0 Å². The van der Waals surface area contributed by atoms with Gasteiger partial charge in [0.2, 0.25) is 0 Å². The predicted octanol–water partition coefficient (Wildman–Crippen LogP) is 6.63. The van der Waals surface area contributed by atoms with Crippen LogP contribution in [0.4, 0.5) is 11.4 Å². The molecule has 34 heavy (non-hydrogen) atoms. The number of aromatic hydroxyl groups is 2. The summed E-state index contributed by atoms with van der Waals surface area (Å²) >= 11 is 0. The van der Waals surface area contributed by atoms with E-state index in [9.17, 15) is 19.8 Å². The second-order valence-electron chi connectivity index (χ2n) is 8.56. The van der Waals surface area contributed by atoms with Gasteiger partial charge in [0, 0.05) is 0 Å². The van der Waals surface area contributed by atoms with Crippen LogP contribution >= 0.6 is 0 Å². The number of amides is 2. The number of phenols is 2. The van der Waals surface area contributed by atoms with Gasteiger partial charge in [-0.25, -0.2) is 0 Å². The van der Waals surface area contributed by atoms with Gasteiger partial charge in [-0.05, 0) is 60.1 Å². The van der Waals surface area contributed by atoms with Crippen LogP contribution in [0.25, 0.3) is 0 Å². The first-order chi connectivity index (χ1) is 16.3. The third-order valence-corrected chi connectivity index (χ3v) is 6.31. The van der Waals surface area contributed by atoms with Crippen molar-refractivity contribution >= 4 is 23.2 Å². The summed E-state index contributed by atoms with van der Waals surface area (Å²) in [6.07, 6.45) is 1.63. The van der Waals surface area contributed by atoms with Crippen molar-refractivity contribution in [3.63, 3.8) is 0 Å². The van der Waals surface area contributed by atoms with Crippen LogP contribution in [0.1, 0.15) is 84.2 Å². The van der Waals surface area contributed by atoms with Crippen LogP contribution in [0, 0.1) is 0 Å². The molecule has 0 heterocycles. The predicted molar refractivity (Wildman–Crippen MR) is 136 cm³/mol. The summed E-state index contributed by atoms with van der Waals surface area (Å²) in [7, 11) is 0. The van der Waals surface area contributed by atoms with Crippen LogP contribution in [0.2, 0.25) is 0 Å². The van der Waals surface area contributed by atoms with E-state index in [0.29, 0.717) is 11.4 Å². The Bertz CT molecular complexity index is 1100. The van der Waals surface area contributed by atoms with Gasteiger partial charge >= 0.3 is 0 Å². The summed E-state index contributed by atoms with van der Waals surface area (Å²) in [5.74, 6) is -0.935. The first-order valence-electron chi connectivity index (χ1n) is 11.6. The van der Waals surface area contributed by atoms with Crippen LogP contribution in [0.3, 0.4) is 0 Å². The molecule has 0 saturated carbocycles. The minimum absolute atomic E-state index is 0.0860. The standard InChI is InChI=1S/C28H32N2O4/c1-5-17(3)19-11-9-15-23(31)25(19)27(33)29-21-13-7-8-14-22(21)30-28(34)26-20(18(4)6-2)12-10-16-24(26)32/h7-18,31-32H,5-6H2,1-4H3,(H,29,33)(H,30,34). The highest BCUT2D eigenvalue weighted by molar-refractivity contribution is 6.12. The van der Waals surface area contributed by atoms with E-state index in [1.807, 2.05) is 39.8 Å². The SMILES string of the molecule is CCC(C)c1cccc(O)c1C(=O)Nc1ccccc1NC(=O)c1c(O)cccc1C(C)CC. The second kappa shape index (κ2) is 10.9. The Labute approximate surface area is 200 Å². The molecule has 2 atom stereocenters. The fourth-order valence-corrected chi connectivity index (χ4v) is 3.94. The number of carbonyl (C=O) groups excluding carboxylic acids is 2. The summed E-state index contributed by atoms with van der Waals surface area (Å²) in [5, 5.41) is 26.5. The zero-order valence-corrected chi connectivity index (χ0v) is 20.1. The third kappa shape index (κ3) is 5.22. The molecule has 0 bridgehead atoms. The molecule has 0 aliphatic heterocycles. The second-order valence-corrected chi connectivity index (χ2v) is 8.56. The lowest BCUT2D eigenvalue weighted by Gasteiger charge is -2.19. The third-order valence-electron chi connectivity index (χ3n) is 6.31. The van der Waals surface area contributed by atoms with E-state index in [0.717, 1.165) is 24.0 Å². The minimum Gasteiger partial charge on any atom is -0.507 e. The largest absolute Gasteiger partial charge is 0.507 e. The molecule has 0 fully saturated rings. The molecule has 0 aliphatic rings. The smallest absolute Gasteiger partial charge is 0.259 e. The van der Waals surface area contributed by atoms with Gasteiger partial charge in [0.15, 0.2) is 0 Å². The molecule has 2 amide bonds. The molecule has 6 heteroatoms. The van der Waals surface area contributed by atoms with Crippen LogP contribution < -0.4 is 10.6 Å². The number of anilines is 2. The molecule has 178 valence electrons. The number of hydrogen-bond donors (Lipinski definition) is 4. The average molecular weight is 461 g/mol.